The predicted molar refractivity (Wildman–Crippen MR) is 97.6 cm³/mol. The van der Waals surface area contributed by atoms with Gasteiger partial charge < -0.3 is 15.0 Å². The van der Waals surface area contributed by atoms with Gasteiger partial charge in [-0.25, -0.2) is 4.79 Å². The molecule has 1 saturated carbocycles. The molecule has 26 heavy (non-hydrogen) atoms. The highest BCUT2D eigenvalue weighted by Gasteiger charge is 2.31. The smallest absolute Gasteiger partial charge is 0.324 e. The highest BCUT2D eigenvalue weighted by Crippen LogP contribution is 2.22. The molecule has 2 fully saturated rings. The Morgan fingerprint density at radius 3 is 2.58 bits per heavy atom. The lowest BCUT2D eigenvalue weighted by molar-refractivity contribution is -0.155. The largest absolute Gasteiger partial charge is 0.452 e. The van der Waals surface area contributed by atoms with Crippen LogP contribution in [0.15, 0.2) is 0 Å². The van der Waals surface area contributed by atoms with Crippen molar-refractivity contribution >= 4 is 35.6 Å². The van der Waals surface area contributed by atoms with Gasteiger partial charge in [-0.2, -0.15) is 0 Å². The lowest BCUT2D eigenvalue weighted by atomic mass is 9.94. The van der Waals surface area contributed by atoms with Crippen LogP contribution in [0.3, 0.4) is 0 Å². The summed E-state index contributed by atoms with van der Waals surface area (Å²) in [4.78, 5) is 50.4. The Hall–Kier alpha value is -1.77. The molecule has 0 spiro atoms. The number of esters is 1. The van der Waals surface area contributed by atoms with E-state index in [4.69, 9.17) is 4.74 Å². The molecule has 146 valence electrons. The number of amides is 4. The summed E-state index contributed by atoms with van der Waals surface area (Å²) in [5, 5.41) is 2.52. The van der Waals surface area contributed by atoms with Crippen molar-refractivity contribution in [3.05, 3.63) is 0 Å². The number of thioether (sulfide) groups is 1. The minimum atomic E-state index is -1.02. The molecule has 0 aromatic carbocycles. The predicted octanol–water partition coefficient (Wildman–Crippen LogP) is 0.994. The minimum absolute atomic E-state index is 0.00589. The Labute approximate surface area is 158 Å². The van der Waals surface area contributed by atoms with Crippen LogP contribution in [-0.4, -0.2) is 77.4 Å². The number of hydrogen-bond donors (Lipinski definition) is 1. The summed E-state index contributed by atoms with van der Waals surface area (Å²) in [6.45, 7) is 2.12. The second-order valence-electron chi connectivity index (χ2n) is 6.64. The van der Waals surface area contributed by atoms with Gasteiger partial charge in [0.25, 0.3) is 5.91 Å². The van der Waals surface area contributed by atoms with Crippen molar-refractivity contribution in [1.29, 1.82) is 0 Å². The summed E-state index contributed by atoms with van der Waals surface area (Å²) in [6, 6.07) is -0.170. The maximum Gasteiger partial charge on any atom is 0.324 e. The van der Waals surface area contributed by atoms with Gasteiger partial charge in [-0.15, -0.1) is 11.8 Å². The van der Waals surface area contributed by atoms with E-state index in [9.17, 15) is 19.2 Å². The lowest BCUT2D eigenvalue weighted by Crippen LogP contribution is -2.42. The van der Waals surface area contributed by atoms with Crippen LogP contribution in [0.5, 0.6) is 0 Å². The Morgan fingerprint density at radius 1 is 1.27 bits per heavy atom. The van der Waals surface area contributed by atoms with E-state index < -0.39 is 24.0 Å². The van der Waals surface area contributed by atoms with Gasteiger partial charge in [0.15, 0.2) is 6.10 Å². The average Bonchev–Trinajstić information content (AvgIpc) is 3.06. The topological polar surface area (TPSA) is 96.0 Å². The molecule has 8 nitrogen and oxygen atoms in total. The van der Waals surface area contributed by atoms with Gasteiger partial charge in [0.1, 0.15) is 0 Å². The highest BCUT2D eigenvalue weighted by atomic mass is 32.2. The lowest BCUT2D eigenvalue weighted by Gasteiger charge is -2.31. The standard InChI is InChI=1S/C17H27N3O5S/c1-12(16(23)20-9-8-18-17(20)24)25-15(22)11-26-10-14(21)19(2)13-6-4-3-5-7-13/h12-13H,3-11H2,1-2H3,(H,18,24)/t12-/m0/s1. The van der Waals surface area contributed by atoms with Crippen molar-refractivity contribution in [2.75, 3.05) is 31.6 Å². The van der Waals surface area contributed by atoms with Gasteiger partial charge in [-0.1, -0.05) is 19.3 Å². The Balaban J connectivity index is 1.67. The van der Waals surface area contributed by atoms with Gasteiger partial charge >= 0.3 is 12.0 Å². The Kier molecular flexibility index (Phi) is 7.74. The number of rotatable bonds is 7. The fourth-order valence-corrected chi connectivity index (χ4v) is 3.89. The fourth-order valence-electron chi connectivity index (χ4n) is 3.18. The molecule has 0 bridgehead atoms. The van der Waals surface area contributed by atoms with Crippen LogP contribution < -0.4 is 5.32 Å². The molecule has 1 saturated heterocycles. The zero-order valence-corrected chi connectivity index (χ0v) is 16.2. The first-order valence-electron chi connectivity index (χ1n) is 9.02. The van der Waals surface area contributed by atoms with Crippen LogP contribution >= 0.6 is 11.8 Å². The number of nitrogens with one attached hydrogen (secondary N) is 1. The van der Waals surface area contributed by atoms with Crippen molar-refractivity contribution in [1.82, 2.24) is 15.1 Å². The van der Waals surface area contributed by atoms with E-state index in [1.807, 2.05) is 7.05 Å². The molecule has 2 rings (SSSR count). The van der Waals surface area contributed by atoms with Gasteiger partial charge in [0, 0.05) is 26.2 Å². The summed E-state index contributed by atoms with van der Waals surface area (Å²) in [7, 11) is 1.82. The molecule has 1 aliphatic carbocycles. The van der Waals surface area contributed by atoms with E-state index in [1.165, 1.54) is 25.1 Å². The number of nitrogens with zero attached hydrogens (tertiary/aromatic N) is 2. The van der Waals surface area contributed by atoms with Gasteiger partial charge in [-0.05, 0) is 19.8 Å². The maximum atomic E-state index is 12.2. The molecular formula is C17H27N3O5S. The van der Waals surface area contributed by atoms with E-state index in [2.05, 4.69) is 5.32 Å². The molecule has 0 radical (unpaired) electrons. The second kappa shape index (κ2) is 9.80. The van der Waals surface area contributed by atoms with E-state index in [-0.39, 0.29) is 24.0 Å². The summed E-state index contributed by atoms with van der Waals surface area (Å²) in [5.74, 6) is -0.893. The highest BCUT2D eigenvalue weighted by molar-refractivity contribution is 8.00. The molecular weight excluding hydrogens is 358 g/mol. The molecule has 9 heteroatoms. The average molecular weight is 385 g/mol. The zero-order chi connectivity index (χ0) is 19.1. The molecule has 0 aromatic rings. The number of carbonyl (C=O) groups excluding carboxylic acids is 4. The maximum absolute atomic E-state index is 12.2. The van der Waals surface area contributed by atoms with Crippen LogP contribution in [-0.2, 0) is 19.1 Å². The molecule has 1 atom stereocenters. The van der Waals surface area contributed by atoms with Crippen molar-refractivity contribution in [2.24, 2.45) is 0 Å². The first kappa shape index (κ1) is 20.5. The third-order valence-electron chi connectivity index (χ3n) is 4.74. The number of hydrogen-bond acceptors (Lipinski definition) is 6. The molecule has 0 unspecified atom stereocenters. The van der Waals surface area contributed by atoms with E-state index in [0.717, 1.165) is 30.6 Å². The monoisotopic (exact) mass is 385 g/mol. The zero-order valence-electron chi connectivity index (χ0n) is 15.4. The van der Waals surface area contributed by atoms with Crippen LogP contribution in [0.1, 0.15) is 39.0 Å². The van der Waals surface area contributed by atoms with Crippen molar-refractivity contribution in [2.45, 2.75) is 51.2 Å². The Bertz CT molecular complexity index is 551. The van der Waals surface area contributed by atoms with Crippen molar-refractivity contribution < 1.29 is 23.9 Å². The first-order valence-corrected chi connectivity index (χ1v) is 10.2. The molecule has 0 aromatic heterocycles. The van der Waals surface area contributed by atoms with Crippen molar-refractivity contribution in [3.8, 4) is 0 Å². The van der Waals surface area contributed by atoms with Crippen LogP contribution in [0, 0.1) is 0 Å². The van der Waals surface area contributed by atoms with Gasteiger partial charge in [0.2, 0.25) is 5.91 Å². The summed E-state index contributed by atoms with van der Waals surface area (Å²) >= 11 is 1.18. The number of imide groups is 1. The summed E-state index contributed by atoms with van der Waals surface area (Å²) < 4.78 is 5.08. The molecule has 4 amide bonds. The Morgan fingerprint density at radius 2 is 1.96 bits per heavy atom. The summed E-state index contributed by atoms with van der Waals surface area (Å²) in [6.07, 6.45) is 4.60. The fraction of sp³-hybridized carbons (Fsp3) is 0.765. The van der Waals surface area contributed by atoms with E-state index >= 15 is 0 Å². The van der Waals surface area contributed by atoms with E-state index in [1.54, 1.807) is 4.90 Å². The third-order valence-corrected chi connectivity index (χ3v) is 5.63. The first-order chi connectivity index (χ1) is 12.4. The SMILES string of the molecule is C[C@H](OC(=O)CSCC(=O)N(C)C1CCCCC1)C(=O)N1CCNC1=O. The summed E-state index contributed by atoms with van der Waals surface area (Å²) in [5.41, 5.74) is 0. The normalized spacial score (nSPS) is 19.0. The second-order valence-corrected chi connectivity index (χ2v) is 7.63. The van der Waals surface area contributed by atoms with E-state index in [0.29, 0.717) is 12.6 Å². The number of carbonyl (C=O) groups is 4. The van der Waals surface area contributed by atoms with Crippen LogP contribution in [0.25, 0.3) is 0 Å². The molecule has 1 N–H and O–H groups in total. The molecule has 2 aliphatic rings. The van der Waals surface area contributed by atoms with Crippen LogP contribution in [0.2, 0.25) is 0 Å². The quantitative estimate of drug-likeness (QED) is 0.657. The van der Waals surface area contributed by atoms with Gasteiger partial charge in [-0.3, -0.25) is 19.3 Å². The number of ether oxygens (including phenoxy) is 1. The van der Waals surface area contributed by atoms with Crippen LogP contribution in [0.4, 0.5) is 4.79 Å². The van der Waals surface area contributed by atoms with Crippen molar-refractivity contribution in [3.63, 3.8) is 0 Å². The minimum Gasteiger partial charge on any atom is -0.452 e. The number of urea groups is 1. The third kappa shape index (κ3) is 5.62. The van der Waals surface area contributed by atoms with Gasteiger partial charge in [0.05, 0.1) is 11.5 Å². The molecule has 1 heterocycles. The molecule has 1 aliphatic heterocycles.